The maximum Gasteiger partial charge on any atom is 0.0569 e. The molecule has 0 unspecified atom stereocenters. The van der Waals surface area contributed by atoms with E-state index in [2.05, 4.69) is 71.7 Å². The number of benzene rings is 1. The van der Waals surface area contributed by atoms with Crippen LogP contribution >= 0.6 is 11.3 Å². The highest BCUT2D eigenvalue weighted by atomic mass is 32.1. The van der Waals surface area contributed by atoms with E-state index in [1.807, 2.05) is 11.3 Å². The van der Waals surface area contributed by atoms with Gasteiger partial charge in [0.1, 0.15) is 0 Å². The molecule has 0 aliphatic carbocycles. The molecule has 0 amide bonds. The maximum absolute atomic E-state index is 3.55. The van der Waals surface area contributed by atoms with E-state index >= 15 is 0 Å². The van der Waals surface area contributed by atoms with Gasteiger partial charge < -0.3 is 9.88 Å². The summed E-state index contributed by atoms with van der Waals surface area (Å²) in [5, 5.41) is 7.07. The van der Waals surface area contributed by atoms with Gasteiger partial charge in [0.05, 0.1) is 6.54 Å². The van der Waals surface area contributed by atoms with E-state index in [1.54, 1.807) is 0 Å². The third-order valence-electron chi connectivity index (χ3n) is 3.65. The summed E-state index contributed by atoms with van der Waals surface area (Å²) >= 11 is 1.82. The monoisotopic (exact) mass is 298 g/mol. The molecule has 110 valence electrons. The Morgan fingerprint density at radius 3 is 2.76 bits per heavy atom. The van der Waals surface area contributed by atoms with Crippen LogP contribution in [-0.4, -0.2) is 11.1 Å². The van der Waals surface area contributed by atoms with E-state index in [1.165, 1.54) is 21.3 Å². The first-order valence-electron chi connectivity index (χ1n) is 7.54. The van der Waals surface area contributed by atoms with Crippen LogP contribution in [0, 0.1) is 5.92 Å². The van der Waals surface area contributed by atoms with Crippen molar-refractivity contribution in [3.63, 3.8) is 0 Å². The van der Waals surface area contributed by atoms with Gasteiger partial charge in [0.15, 0.2) is 0 Å². The van der Waals surface area contributed by atoms with E-state index < -0.39 is 0 Å². The van der Waals surface area contributed by atoms with E-state index in [4.69, 9.17) is 0 Å². The average Bonchev–Trinajstić information content (AvgIpc) is 3.09. The fraction of sp³-hybridized carbons (Fsp3) is 0.333. The average molecular weight is 298 g/mol. The molecule has 2 heterocycles. The van der Waals surface area contributed by atoms with Crippen LogP contribution in [0.3, 0.4) is 0 Å². The number of hydrogen-bond donors (Lipinski definition) is 1. The minimum absolute atomic E-state index is 0.685. The predicted molar refractivity (Wildman–Crippen MR) is 91.9 cm³/mol. The number of nitrogens with zero attached hydrogens (tertiary/aromatic N) is 1. The van der Waals surface area contributed by atoms with Crippen molar-refractivity contribution < 1.29 is 0 Å². The van der Waals surface area contributed by atoms with Crippen molar-refractivity contribution in [1.29, 1.82) is 0 Å². The summed E-state index contributed by atoms with van der Waals surface area (Å²) in [6.45, 7) is 7.45. The lowest BCUT2D eigenvalue weighted by Gasteiger charge is -2.06. The van der Waals surface area contributed by atoms with Crippen LogP contribution in [0.4, 0.5) is 0 Å². The molecule has 0 aliphatic rings. The summed E-state index contributed by atoms with van der Waals surface area (Å²) in [6.07, 6.45) is 2.30. The van der Waals surface area contributed by atoms with Crippen LogP contribution < -0.4 is 5.32 Å². The molecule has 0 bridgehead atoms. The van der Waals surface area contributed by atoms with Gasteiger partial charge in [-0.1, -0.05) is 38.1 Å². The Bertz CT molecular complexity index is 695. The van der Waals surface area contributed by atoms with Crippen molar-refractivity contribution in [3.8, 4) is 0 Å². The summed E-state index contributed by atoms with van der Waals surface area (Å²) < 4.78 is 2.37. The Morgan fingerprint density at radius 1 is 1.14 bits per heavy atom. The molecule has 21 heavy (non-hydrogen) atoms. The minimum Gasteiger partial charge on any atom is -0.342 e. The third kappa shape index (κ3) is 3.36. The van der Waals surface area contributed by atoms with Crippen LogP contribution in [-0.2, 0) is 13.1 Å². The number of rotatable bonds is 6. The molecule has 2 aromatic heterocycles. The van der Waals surface area contributed by atoms with Crippen LogP contribution in [0.5, 0.6) is 0 Å². The van der Waals surface area contributed by atoms with Gasteiger partial charge in [-0.2, -0.15) is 0 Å². The standard InChI is InChI=1S/C18H22N2S/c1-14(2)10-19-11-15-12-20(13-16-6-5-9-21-16)18-8-4-3-7-17(15)18/h3-9,12,14,19H,10-11,13H2,1-2H3. The first kappa shape index (κ1) is 14.4. The number of aromatic nitrogens is 1. The molecule has 0 saturated carbocycles. The molecule has 0 radical (unpaired) electrons. The Balaban J connectivity index is 1.86. The minimum atomic E-state index is 0.685. The number of thiophene rings is 1. The summed E-state index contributed by atoms with van der Waals surface area (Å²) in [5.41, 5.74) is 2.72. The lowest BCUT2D eigenvalue weighted by Crippen LogP contribution is -2.18. The van der Waals surface area contributed by atoms with Gasteiger partial charge in [-0.3, -0.25) is 0 Å². The second-order valence-corrected chi connectivity index (χ2v) is 6.94. The number of hydrogen-bond acceptors (Lipinski definition) is 2. The van der Waals surface area contributed by atoms with Gasteiger partial charge in [0.2, 0.25) is 0 Å². The van der Waals surface area contributed by atoms with Crippen molar-refractivity contribution in [1.82, 2.24) is 9.88 Å². The molecule has 0 atom stereocenters. The van der Waals surface area contributed by atoms with Crippen molar-refractivity contribution in [2.45, 2.75) is 26.9 Å². The van der Waals surface area contributed by atoms with Crippen molar-refractivity contribution >= 4 is 22.2 Å². The summed E-state index contributed by atoms with van der Waals surface area (Å²) in [6, 6.07) is 13.0. The SMILES string of the molecule is CC(C)CNCc1cn(Cc2cccs2)c2ccccc12. The lowest BCUT2D eigenvalue weighted by molar-refractivity contribution is 0.553. The van der Waals surface area contributed by atoms with Crippen molar-refractivity contribution in [2.24, 2.45) is 5.92 Å². The molecule has 0 aliphatic heterocycles. The number of fused-ring (bicyclic) bond motifs is 1. The Morgan fingerprint density at radius 2 is 2.00 bits per heavy atom. The Hall–Kier alpha value is -1.58. The largest absolute Gasteiger partial charge is 0.342 e. The van der Waals surface area contributed by atoms with Crippen LogP contribution in [0.2, 0.25) is 0 Å². The molecule has 3 rings (SSSR count). The summed E-state index contributed by atoms with van der Waals surface area (Å²) in [5.74, 6) is 0.685. The fourth-order valence-electron chi connectivity index (χ4n) is 2.66. The van der Waals surface area contributed by atoms with Crippen LogP contribution in [0.25, 0.3) is 10.9 Å². The second kappa shape index (κ2) is 6.46. The van der Waals surface area contributed by atoms with Crippen molar-refractivity contribution in [2.75, 3.05) is 6.54 Å². The van der Waals surface area contributed by atoms with Gasteiger partial charge in [0, 0.05) is 28.5 Å². The Kier molecular flexibility index (Phi) is 4.42. The molecule has 3 heteroatoms. The molecule has 0 saturated heterocycles. The maximum atomic E-state index is 3.55. The number of nitrogens with one attached hydrogen (secondary N) is 1. The topological polar surface area (TPSA) is 17.0 Å². The highest BCUT2D eigenvalue weighted by molar-refractivity contribution is 7.09. The highest BCUT2D eigenvalue weighted by Gasteiger charge is 2.08. The molecule has 2 nitrogen and oxygen atoms in total. The van der Waals surface area contributed by atoms with Gasteiger partial charge in [-0.05, 0) is 35.5 Å². The predicted octanol–water partition coefficient (Wildman–Crippen LogP) is 4.50. The molecule has 0 fully saturated rings. The van der Waals surface area contributed by atoms with E-state index in [9.17, 15) is 0 Å². The zero-order valence-electron chi connectivity index (χ0n) is 12.7. The van der Waals surface area contributed by atoms with E-state index in [0.717, 1.165) is 19.6 Å². The van der Waals surface area contributed by atoms with Gasteiger partial charge in [-0.25, -0.2) is 0 Å². The molecule has 0 spiro atoms. The normalized spacial score (nSPS) is 11.6. The van der Waals surface area contributed by atoms with Gasteiger partial charge in [0.25, 0.3) is 0 Å². The quantitative estimate of drug-likeness (QED) is 0.709. The molecular formula is C18H22N2S. The first-order valence-corrected chi connectivity index (χ1v) is 8.42. The van der Waals surface area contributed by atoms with Crippen LogP contribution in [0.1, 0.15) is 24.3 Å². The third-order valence-corrected chi connectivity index (χ3v) is 4.51. The smallest absolute Gasteiger partial charge is 0.0569 e. The molecule has 1 N–H and O–H groups in total. The fourth-order valence-corrected chi connectivity index (χ4v) is 3.36. The molecule has 1 aromatic carbocycles. The van der Waals surface area contributed by atoms with E-state index in [-0.39, 0.29) is 0 Å². The zero-order valence-corrected chi connectivity index (χ0v) is 13.5. The van der Waals surface area contributed by atoms with E-state index in [0.29, 0.717) is 5.92 Å². The van der Waals surface area contributed by atoms with Crippen molar-refractivity contribution in [3.05, 3.63) is 58.4 Å². The number of para-hydroxylation sites is 1. The summed E-state index contributed by atoms with van der Waals surface area (Å²) in [7, 11) is 0. The second-order valence-electron chi connectivity index (χ2n) is 5.90. The first-order chi connectivity index (χ1) is 10.2. The van der Waals surface area contributed by atoms with Crippen LogP contribution in [0.15, 0.2) is 48.0 Å². The lowest BCUT2D eigenvalue weighted by atomic mass is 10.1. The zero-order chi connectivity index (χ0) is 14.7. The molecular weight excluding hydrogens is 276 g/mol. The Labute approximate surface area is 130 Å². The van der Waals surface area contributed by atoms with Gasteiger partial charge in [-0.15, -0.1) is 11.3 Å². The summed E-state index contributed by atoms with van der Waals surface area (Å²) in [4.78, 5) is 1.40. The molecule has 3 aromatic rings. The highest BCUT2D eigenvalue weighted by Crippen LogP contribution is 2.23. The van der Waals surface area contributed by atoms with Gasteiger partial charge >= 0.3 is 0 Å².